The highest BCUT2D eigenvalue weighted by molar-refractivity contribution is 4.92. The largest absolute Gasteiger partial charge is 0.0625 e. The van der Waals surface area contributed by atoms with Crippen LogP contribution >= 0.6 is 0 Å². The van der Waals surface area contributed by atoms with Crippen LogP contribution in [0.5, 0.6) is 0 Å². The second-order valence-corrected chi connectivity index (χ2v) is 5.45. The number of rotatable bonds is 1. The van der Waals surface area contributed by atoms with Gasteiger partial charge in [0, 0.05) is 0 Å². The van der Waals surface area contributed by atoms with Crippen molar-refractivity contribution in [2.24, 2.45) is 17.3 Å². The summed E-state index contributed by atoms with van der Waals surface area (Å²) in [6.45, 7) is 4.80. The van der Waals surface area contributed by atoms with Gasteiger partial charge in [-0.25, -0.2) is 0 Å². The molecule has 0 saturated heterocycles. The molecule has 0 nitrogen and oxygen atoms in total. The van der Waals surface area contributed by atoms with Crippen molar-refractivity contribution in [2.75, 3.05) is 0 Å². The minimum absolute atomic E-state index is 0.842. The Balaban J connectivity index is 1.96. The van der Waals surface area contributed by atoms with Crippen molar-refractivity contribution in [3.63, 3.8) is 0 Å². The van der Waals surface area contributed by atoms with Gasteiger partial charge in [0.1, 0.15) is 0 Å². The standard InChI is InChI=1S/C12H22/c1-10(2)11-5-8-12(9-11)6-3-4-7-12/h10-11H,3-9H2,1-2H3/t11-/m1/s1. The van der Waals surface area contributed by atoms with Crippen molar-refractivity contribution < 1.29 is 0 Å². The quantitative estimate of drug-likeness (QED) is 0.552. The smallest absolute Gasteiger partial charge is 0.0295 e. The molecule has 2 aliphatic rings. The van der Waals surface area contributed by atoms with Gasteiger partial charge in [0.2, 0.25) is 0 Å². The summed E-state index contributed by atoms with van der Waals surface area (Å²) in [7, 11) is 0. The van der Waals surface area contributed by atoms with Crippen LogP contribution < -0.4 is 0 Å². The fourth-order valence-corrected chi connectivity index (χ4v) is 3.40. The maximum atomic E-state index is 2.40. The lowest BCUT2D eigenvalue weighted by Crippen LogP contribution is -2.12. The molecule has 0 aromatic carbocycles. The summed E-state index contributed by atoms with van der Waals surface area (Å²) in [5.41, 5.74) is 0.842. The van der Waals surface area contributed by atoms with Crippen LogP contribution in [0.15, 0.2) is 0 Å². The van der Waals surface area contributed by atoms with Crippen LogP contribution in [0.4, 0.5) is 0 Å². The van der Waals surface area contributed by atoms with Crippen LogP contribution in [-0.4, -0.2) is 0 Å². The average Bonchev–Trinajstić information content (AvgIpc) is 2.62. The summed E-state index contributed by atoms with van der Waals surface area (Å²) >= 11 is 0. The highest BCUT2D eigenvalue weighted by Gasteiger charge is 2.41. The van der Waals surface area contributed by atoms with Crippen LogP contribution in [0.25, 0.3) is 0 Å². The van der Waals surface area contributed by atoms with E-state index in [1.807, 2.05) is 0 Å². The van der Waals surface area contributed by atoms with Gasteiger partial charge < -0.3 is 0 Å². The van der Waals surface area contributed by atoms with E-state index in [-0.39, 0.29) is 0 Å². The van der Waals surface area contributed by atoms with Gasteiger partial charge in [0.15, 0.2) is 0 Å². The first-order chi connectivity index (χ1) is 5.72. The molecule has 0 aromatic heterocycles. The third-order valence-corrected chi connectivity index (χ3v) is 4.35. The lowest BCUT2D eigenvalue weighted by molar-refractivity contribution is 0.275. The van der Waals surface area contributed by atoms with Crippen molar-refractivity contribution in [3.05, 3.63) is 0 Å². The Morgan fingerprint density at radius 2 is 1.75 bits per heavy atom. The Labute approximate surface area is 76.7 Å². The van der Waals surface area contributed by atoms with Crippen LogP contribution in [0.1, 0.15) is 58.8 Å². The van der Waals surface area contributed by atoms with Gasteiger partial charge >= 0.3 is 0 Å². The summed E-state index contributed by atoms with van der Waals surface area (Å²) in [4.78, 5) is 0. The van der Waals surface area contributed by atoms with Crippen LogP contribution in [0.2, 0.25) is 0 Å². The molecule has 1 spiro atoms. The van der Waals surface area contributed by atoms with Gasteiger partial charge in [-0.3, -0.25) is 0 Å². The fraction of sp³-hybridized carbons (Fsp3) is 1.00. The Morgan fingerprint density at radius 1 is 1.08 bits per heavy atom. The summed E-state index contributed by atoms with van der Waals surface area (Å²) in [6, 6.07) is 0. The fourth-order valence-electron chi connectivity index (χ4n) is 3.40. The van der Waals surface area contributed by atoms with E-state index < -0.39 is 0 Å². The molecular weight excluding hydrogens is 144 g/mol. The molecule has 12 heavy (non-hydrogen) atoms. The predicted molar refractivity (Wildman–Crippen MR) is 53.1 cm³/mol. The van der Waals surface area contributed by atoms with Gasteiger partial charge in [0.25, 0.3) is 0 Å². The van der Waals surface area contributed by atoms with Gasteiger partial charge in [-0.05, 0) is 49.4 Å². The lowest BCUT2D eigenvalue weighted by Gasteiger charge is -2.23. The molecule has 0 aromatic rings. The second-order valence-electron chi connectivity index (χ2n) is 5.45. The maximum absolute atomic E-state index is 2.40. The normalized spacial score (nSPS) is 33.8. The molecule has 0 N–H and O–H groups in total. The van der Waals surface area contributed by atoms with Crippen LogP contribution in [-0.2, 0) is 0 Å². The van der Waals surface area contributed by atoms with E-state index in [0.717, 1.165) is 17.3 Å². The lowest BCUT2D eigenvalue weighted by atomic mass is 9.82. The van der Waals surface area contributed by atoms with Crippen molar-refractivity contribution in [1.82, 2.24) is 0 Å². The van der Waals surface area contributed by atoms with Crippen molar-refractivity contribution in [3.8, 4) is 0 Å². The van der Waals surface area contributed by atoms with Gasteiger partial charge in [-0.2, -0.15) is 0 Å². The SMILES string of the molecule is CC(C)[C@@H]1CCC2(CCCC2)C1. The first-order valence-corrected chi connectivity index (χ1v) is 5.72. The molecule has 0 radical (unpaired) electrons. The second kappa shape index (κ2) is 3.05. The highest BCUT2D eigenvalue weighted by Crippen LogP contribution is 2.54. The Bertz CT molecular complexity index is 151. The van der Waals surface area contributed by atoms with Crippen molar-refractivity contribution in [2.45, 2.75) is 58.8 Å². The maximum Gasteiger partial charge on any atom is -0.0295 e. The van der Waals surface area contributed by atoms with Crippen molar-refractivity contribution >= 4 is 0 Å². The molecule has 1 atom stereocenters. The number of hydrogen-bond donors (Lipinski definition) is 0. The van der Waals surface area contributed by atoms with Gasteiger partial charge in [-0.15, -0.1) is 0 Å². The van der Waals surface area contributed by atoms with E-state index in [1.165, 1.54) is 19.3 Å². The van der Waals surface area contributed by atoms with E-state index >= 15 is 0 Å². The van der Waals surface area contributed by atoms with E-state index in [1.54, 1.807) is 25.7 Å². The number of hydrogen-bond acceptors (Lipinski definition) is 0. The van der Waals surface area contributed by atoms with E-state index in [2.05, 4.69) is 13.8 Å². The molecular formula is C12H22. The molecule has 0 heteroatoms. The molecule has 0 aliphatic heterocycles. The van der Waals surface area contributed by atoms with Crippen molar-refractivity contribution in [1.29, 1.82) is 0 Å². The van der Waals surface area contributed by atoms with E-state index in [4.69, 9.17) is 0 Å². The molecule has 0 heterocycles. The van der Waals surface area contributed by atoms with Crippen LogP contribution in [0, 0.1) is 17.3 Å². The van der Waals surface area contributed by atoms with Crippen LogP contribution in [0.3, 0.4) is 0 Å². The topological polar surface area (TPSA) is 0 Å². The Hall–Kier alpha value is 0. The molecule has 0 amide bonds. The van der Waals surface area contributed by atoms with E-state index in [9.17, 15) is 0 Å². The van der Waals surface area contributed by atoms with Gasteiger partial charge in [-0.1, -0.05) is 26.7 Å². The summed E-state index contributed by atoms with van der Waals surface area (Å²) in [5, 5.41) is 0. The zero-order chi connectivity index (χ0) is 8.60. The highest BCUT2D eigenvalue weighted by atomic mass is 14.5. The Kier molecular flexibility index (Phi) is 2.18. The molecule has 0 bridgehead atoms. The summed E-state index contributed by atoms with van der Waals surface area (Å²) in [5.74, 6) is 1.99. The monoisotopic (exact) mass is 166 g/mol. The zero-order valence-electron chi connectivity index (χ0n) is 8.60. The first-order valence-electron chi connectivity index (χ1n) is 5.72. The summed E-state index contributed by atoms with van der Waals surface area (Å²) in [6.07, 6.45) is 10.8. The third-order valence-electron chi connectivity index (χ3n) is 4.35. The molecule has 2 aliphatic carbocycles. The average molecular weight is 166 g/mol. The van der Waals surface area contributed by atoms with Gasteiger partial charge in [0.05, 0.1) is 0 Å². The predicted octanol–water partition coefficient (Wildman–Crippen LogP) is 4.00. The summed E-state index contributed by atoms with van der Waals surface area (Å²) < 4.78 is 0. The minimum Gasteiger partial charge on any atom is -0.0625 e. The molecule has 2 fully saturated rings. The molecule has 2 saturated carbocycles. The molecule has 2 rings (SSSR count). The first kappa shape index (κ1) is 8.59. The van der Waals surface area contributed by atoms with E-state index in [0.29, 0.717) is 0 Å². The Morgan fingerprint density at radius 3 is 2.25 bits per heavy atom. The minimum atomic E-state index is 0.842. The third kappa shape index (κ3) is 1.41. The zero-order valence-corrected chi connectivity index (χ0v) is 8.60. The molecule has 70 valence electrons. The molecule has 0 unspecified atom stereocenters.